The van der Waals surface area contributed by atoms with E-state index in [0.717, 1.165) is 21.9 Å². The van der Waals surface area contributed by atoms with Crippen molar-refractivity contribution in [2.24, 2.45) is 0 Å². The molecule has 0 saturated heterocycles. The van der Waals surface area contributed by atoms with Crippen molar-refractivity contribution in [3.63, 3.8) is 0 Å². The number of alkyl halides is 1. The van der Waals surface area contributed by atoms with Crippen molar-refractivity contribution in [2.45, 2.75) is 12.5 Å². The molecule has 0 aliphatic heterocycles. The summed E-state index contributed by atoms with van der Waals surface area (Å²) in [7, 11) is 0. The summed E-state index contributed by atoms with van der Waals surface area (Å²) in [5, 5.41) is 1.68. The molecule has 1 nitrogen and oxygen atoms in total. The average molecular weight is 301 g/mol. The molecule has 0 unspecified atom stereocenters. The van der Waals surface area contributed by atoms with E-state index in [1.807, 2.05) is 48.5 Å². The Bertz CT molecular complexity index is 756. The number of rotatable bonds is 4. The van der Waals surface area contributed by atoms with Gasteiger partial charge < -0.3 is 4.74 Å². The van der Waals surface area contributed by atoms with E-state index in [9.17, 15) is 4.39 Å². The summed E-state index contributed by atoms with van der Waals surface area (Å²) in [4.78, 5) is 0. The van der Waals surface area contributed by atoms with E-state index in [1.54, 1.807) is 6.07 Å². The normalized spacial score (nSPS) is 10.8. The molecule has 106 valence electrons. The first-order valence-electron chi connectivity index (χ1n) is 6.72. The third-order valence-electron chi connectivity index (χ3n) is 3.42. The van der Waals surface area contributed by atoms with Gasteiger partial charge >= 0.3 is 0 Å². The van der Waals surface area contributed by atoms with Gasteiger partial charge in [-0.3, -0.25) is 0 Å². The van der Waals surface area contributed by atoms with Gasteiger partial charge in [0.15, 0.2) is 11.6 Å². The predicted octanol–water partition coefficient (Wildman–Crippen LogP) is 5.30. The van der Waals surface area contributed by atoms with Crippen molar-refractivity contribution in [3.8, 4) is 5.75 Å². The van der Waals surface area contributed by atoms with Crippen molar-refractivity contribution >= 4 is 22.4 Å². The Balaban J connectivity index is 1.99. The van der Waals surface area contributed by atoms with Gasteiger partial charge in [-0.05, 0) is 22.6 Å². The van der Waals surface area contributed by atoms with Gasteiger partial charge in [-0.25, -0.2) is 4.39 Å². The number of halogens is 2. The third-order valence-corrected chi connectivity index (χ3v) is 3.71. The maximum Gasteiger partial charge on any atom is 0.165 e. The van der Waals surface area contributed by atoms with E-state index >= 15 is 0 Å². The number of benzene rings is 3. The van der Waals surface area contributed by atoms with Gasteiger partial charge in [0.1, 0.15) is 6.61 Å². The fraction of sp³-hybridized carbons (Fsp3) is 0.111. The minimum absolute atomic E-state index is 0.281. The van der Waals surface area contributed by atoms with Crippen LogP contribution in [0.4, 0.5) is 4.39 Å². The third kappa shape index (κ3) is 2.86. The first-order valence-corrected chi connectivity index (χ1v) is 7.26. The second kappa shape index (κ2) is 6.15. The maximum atomic E-state index is 14.1. The van der Waals surface area contributed by atoms with Crippen LogP contribution in [-0.4, -0.2) is 0 Å². The zero-order chi connectivity index (χ0) is 14.7. The maximum absolute atomic E-state index is 14.1. The summed E-state index contributed by atoms with van der Waals surface area (Å²) in [6.45, 7) is 0.335. The Morgan fingerprint density at radius 2 is 1.67 bits per heavy atom. The average Bonchev–Trinajstić information content (AvgIpc) is 2.54. The number of ether oxygens (including phenoxy) is 1. The van der Waals surface area contributed by atoms with Gasteiger partial charge in [-0.2, -0.15) is 0 Å². The van der Waals surface area contributed by atoms with Crippen LogP contribution in [0.3, 0.4) is 0 Å². The molecule has 0 saturated carbocycles. The van der Waals surface area contributed by atoms with Crippen LogP contribution in [0.15, 0.2) is 60.7 Å². The van der Waals surface area contributed by atoms with Gasteiger partial charge in [0, 0.05) is 11.3 Å². The number of fused-ring (bicyclic) bond motifs is 1. The molecule has 0 aromatic heterocycles. The molecule has 0 bridgehead atoms. The Morgan fingerprint density at radius 1 is 0.857 bits per heavy atom. The highest BCUT2D eigenvalue weighted by atomic mass is 35.5. The number of hydrogen-bond acceptors (Lipinski definition) is 1. The lowest BCUT2D eigenvalue weighted by molar-refractivity contribution is 0.294. The Kier molecular flexibility index (Phi) is 4.07. The van der Waals surface area contributed by atoms with Crippen molar-refractivity contribution in [3.05, 3.63) is 77.6 Å². The molecule has 0 aliphatic carbocycles. The summed E-state index contributed by atoms with van der Waals surface area (Å²) in [5.74, 6) is 0.314. The smallest absolute Gasteiger partial charge is 0.165 e. The molecule has 3 aromatic rings. The molecule has 3 aromatic carbocycles. The van der Waals surface area contributed by atoms with Gasteiger partial charge in [-0.1, -0.05) is 54.6 Å². The van der Waals surface area contributed by atoms with Crippen molar-refractivity contribution in [1.29, 1.82) is 0 Å². The molecule has 0 heterocycles. The largest absolute Gasteiger partial charge is 0.485 e. The van der Waals surface area contributed by atoms with Crippen LogP contribution in [0.2, 0.25) is 0 Å². The molecule has 0 fully saturated rings. The topological polar surface area (TPSA) is 9.23 Å². The van der Waals surface area contributed by atoms with E-state index in [-0.39, 0.29) is 11.6 Å². The molecule has 0 spiro atoms. The first kappa shape index (κ1) is 13.9. The van der Waals surface area contributed by atoms with E-state index in [0.29, 0.717) is 12.5 Å². The Hall–Kier alpha value is -2.06. The summed E-state index contributed by atoms with van der Waals surface area (Å²) in [5.41, 5.74) is 1.97. The van der Waals surface area contributed by atoms with E-state index in [4.69, 9.17) is 16.3 Å². The molecular weight excluding hydrogens is 287 g/mol. The molecule has 0 radical (unpaired) electrons. The van der Waals surface area contributed by atoms with Crippen LogP contribution in [0.25, 0.3) is 10.8 Å². The second-order valence-corrected chi connectivity index (χ2v) is 5.06. The zero-order valence-corrected chi connectivity index (χ0v) is 12.1. The highest BCUT2D eigenvalue weighted by Gasteiger charge is 2.11. The molecule has 0 N–H and O–H groups in total. The molecule has 0 aliphatic rings. The summed E-state index contributed by atoms with van der Waals surface area (Å²) in [6, 6.07) is 18.6. The second-order valence-electron chi connectivity index (χ2n) is 4.80. The van der Waals surface area contributed by atoms with Crippen LogP contribution in [0, 0.1) is 5.82 Å². The van der Waals surface area contributed by atoms with Gasteiger partial charge in [0.05, 0.1) is 0 Å². The van der Waals surface area contributed by atoms with Crippen LogP contribution < -0.4 is 4.74 Å². The van der Waals surface area contributed by atoms with Crippen molar-refractivity contribution in [1.82, 2.24) is 0 Å². The zero-order valence-electron chi connectivity index (χ0n) is 11.4. The lowest BCUT2D eigenvalue weighted by Crippen LogP contribution is -1.98. The van der Waals surface area contributed by atoms with Gasteiger partial charge in [0.25, 0.3) is 0 Å². The summed E-state index contributed by atoms with van der Waals surface area (Å²) in [6.07, 6.45) is 0. The highest BCUT2D eigenvalue weighted by Crippen LogP contribution is 2.32. The molecule has 3 heteroatoms. The number of hydrogen-bond donors (Lipinski definition) is 0. The molecule has 0 atom stereocenters. The predicted molar refractivity (Wildman–Crippen MR) is 84.2 cm³/mol. The van der Waals surface area contributed by atoms with E-state index < -0.39 is 0 Å². The van der Waals surface area contributed by atoms with Crippen LogP contribution >= 0.6 is 11.6 Å². The first-order chi connectivity index (χ1) is 10.3. The van der Waals surface area contributed by atoms with Crippen LogP contribution in [0.1, 0.15) is 11.1 Å². The minimum atomic E-state index is -0.356. The molecule has 0 amide bonds. The fourth-order valence-corrected chi connectivity index (χ4v) is 2.59. The van der Waals surface area contributed by atoms with E-state index in [2.05, 4.69) is 0 Å². The quantitative estimate of drug-likeness (QED) is 0.594. The van der Waals surface area contributed by atoms with Crippen LogP contribution in [-0.2, 0) is 12.5 Å². The van der Waals surface area contributed by atoms with Crippen LogP contribution in [0.5, 0.6) is 5.75 Å². The Labute approximate surface area is 127 Å². The SMILES string of the molecule is Fc1ccc2c(CCl)cccc2c1OCc1ccccc1. The molecular formula is C18H14ClFO. The lowest BCUT2D eigenvalue weighted by atomic mass is 10.0. The van der Waals surface area contributed by atoms with Gasteiger partial charge in [-0.15, -0.1) is 11.6 Å². The van der Waals surface area contributed by atoms with Gasteiger partial charge in [0.2, 0.25) is 0 Å². The molecule has 21 heavy (non-hydrogen) atoms. The standard InChI is InChI=1S/C18H14ClFO/c19-11-14-7-4-8-16-15(14)9-10-17(20)18(16)21-12-13-5-2-1-3-6-13/h1-10H,11-12H2. The lowest BCUT2D eigenvalue weighted by Gasteiger charge is -2.12. The monoisotopic (exact) mass is 300 g/mol. The highest BCUT2D eigenvalue weighted by molar-refractivity contribution is 6.18. The summed E-state index contributed by atoms with van der Waals surface area (Å²) >= 11 is 5.94. The minimum Gasteiger partial charge on any atom is -0.485 e. The van der Waals surface area contributed by atoms with E-state index in [1.165, 1.54) is 6.07 Å². The fourth-order valence-electron chi connectivity index (χ4n) is 2.36. The van der Waals surface area contributed by atoms with Crippen molar-refractivity contribution < 1.29 is 9.13 Å². The summed E-state index contributed by atoms with van der Waals surface area (Å²) < 4.78 is 19.8. The van der Waals surface area contributed by atoms with Crippen molar-refractivity contribution in [2.75, 3.05) is 0 Å². The Morgan fingerprint density at radius 3 is 2.43 bits per heavy atom. The molecule has 3 rings (SSSR count).